The number of benzene rings is 2. The molecule has 0 unspecified atom stereocenters. The third-order valence-electron chi connectivity index (χ3n) is 2.97. The Morgan fingerprint density at radius 3 is 2.60 bits per heavy atom. The van der Waals surface area contributed by atoms with Crippen LogP contribution in [0.2, 0.25) is 0 Å². The van der Waals surface area contributed by atoms with Gasteiger partial charge in [-0.1, -0.05) is 12.1 Å². The van der Waals surface area contributed by atoms with E-state index in [2.05, 4.69) is 5.32 Å². The second kappa shape index (κ2) is 6.80. The first-order valence-corrected chi connectivity index (χ1v) is 6.69. The highest BCUT2D eigenvalue weighted by molar-refractivity contribution is 5.61. The van der Waals surface area contributed by atoms with Crippen LogP contribution in [-0.4, -0.2) is 13.2 Å². The fourth-order valence-corrected chi connectivity index (χ4v) is 1.93. The number of hydrogen-bond acceptors (Lipinski definition) is 3. The summed E-state index contributed by atoms with van der Waals surface area (Å²) in [6.45, 7) is 3.28. The van der Waals surface area contributed by atoms with Gasteiger partial charge in [0.25, 0.3) is 0 Å². The van der Waals surface area contributed by atoms with Crippen molar-refractivity contribution in [3.63, 3.8) is 0 Å². The van der Waals surface area contributed by atoms with Crippen LogP contribution in [0, 0.1) is 5.82 Å². The maximum Gasteiger partial charge on any atom is 0.144 e. The van der Waals surface area contributed by atoms with E-state index in [-0.39, 0.29) is 5.82 Å². The zero-order chi connectivity index (χ0) is 14.4. The maximum absolute atomic E-state index is 12.8. The summed E-state index contributed by atoms with van der Waals surface area (Å²) in [5, 5.41) is 3.30. The first-order valence-electron chi connectivity index (χ1n) is 6.69. The zero-order valence-electron chi connectivity index (χ0n) is 11.5. The predicted octanol–water partition coefficient (Wildman–Crippen LogP) is 3.46. The molecule has 0 heterocycles. The van der Waals surface area contributed by atoms with Gasteiger partial charge in [0.1, 0.15) is 11.6 Å². The number of nitrogens with two attached hydrogens (primary N) is 1. The highest BCUT2D eigenvalue weighted by atomic mass is 19.1. The van der Waals surface area contributed by atoms with Crippen molar-refractivity contribution >= 4 is 11.4 Å². The predicted molar refractivity (Wildman–Crippen MR) is 80.6 cm³/mol. The number of halogens is 1. The van der Waals surface area contributed by atoms with E-state index in [1.807, 2.05) is 25.1 Å². The average Bonchev–Trinajstić information content (AvgIpc) is 2.45. The number of nitrogen functional groups attached to an aromatic ring is 1. The maximum atomic E-state index is 12.8. The monoisotopic (exact) mass is 274 g/mol. The van der Waals surface area contributed by atoms with E-state index in [9.17, 15) is 4.39 Å². The highest BCUT2D eigenvalue weighted by Crippen LogP contribution is 2.25. The zero-order valence-corrected chi connectivity index (χ0v) is 11.5. The van der Waals surface area contributed by atoms with Crippen molar-refractivity contribution in [1.29, 1.82) is 0 Å². The lowest BCUT2D eigenvalue weighted by molar-refractivity contribution is 0.342. The summed E-state index contributed by atoms with van der Waals surface area (Å²) < 4.78 is 18.2. The van der Waals surface area contributed by atoms with Gasteiger partial charge in [-0.25, -0.2) is 4.39 Å². The molecule has 0 atom stereocenters. The third kappa shape index (κ3) is 3.88. The number of ether oxygens (including phenoxy) is 1. The SMILES string of the molecule is CCOc1cc(NCCc2ccc(F)cc2)ccc1N. The molecule has 3 nitrogen and oxygen atoms in total. The largest absolute Gasteiger partial charge is 0.492 e. The molecule has 0 amide bonds. The Balaban J connectivity index is 1.90. The molecule has 2 aromatic rings. The summed E-state index contributed by atoms with van der Waals surface area (Å²) in [5.41, 5.74) is 8.52. The molecule has 20 heavy (non-hydrogen) atoms. The van der Waals surface area contributed by atoms with E-state index in [1.54, 1.807) is 12.1 Å². The fourth-order valence-electron chi connectivity index (χ4n) is 1.93. The lowest BCUT2D eigenvalue weighted by atomic mass is 10.1. The van der Waals surface area contributed by atoms with Gasteiger partial charge < -0.3 is 15.8 Å². The van der Waals surface area contributed by atoms with Crippen molar-refractivity contribution in [3.05, 3.63) is 53.8 Å². The van der Waals surface area contributed by atoms with Crippen LogP contribution in [0.25, 0.3) is 0 Å². The van der Waals surface area contributed by atoms with Gasteiger partial charge in [-0.05, 0) is 43.2 Å². The van der Waals surface area contributed by atoms with Crippen molar-refractivity contribution in [2.45, 2.75) is 13.3 Å². The second-order valence-electron chi connectivity index (χ2n) is 4.49. The normalized spacial score (nSPS) is 10.3. The van der Waals surface area contributed by atoms with Crippen LogP contribution in [0.15, 0.2) is 42.5 Å². The summed E-state index contributed by atoms with van der Waals surface area (Å²) >= 11 is 0. The van der Waals surface area contributed by atoms with Crippen LogP contribution in [0.5, 0.6) is 5.75 Å². The Bertz CT molecular complexity index is 555. The molecule has 0 saturated carbocycles. The van der Waals surface area contributed by atoms with E-state index >= 15 is 0 Å². The van der Waals surface area contributed by atoms with Gasteiger partial charge in [-0.3, -0.25) is 0 Å². The minimum Gasteiger partial charge on any atom is -0.492 e. The molecule has 3 N–H and O–H groups in total. The van der Waals surface area contributed by atoms with E-state index in [1.165, 1.54) is 12.1 Å². The van der Waals surface area contributed by atoms with Gasteiger partial charge >= 0.3 is 0 Å². The molecule has 0 aliphatic heterocycles. The molecular formula is C16H19FN2O. The second-order valence-corrected chi connectivity index (χ2v) is 4.49. The summed E-state index contributed by atoms with van der Waals surface area (Å²) in [7, 11) is 0. The number of anilines is 2. The number of hydrogen-bond donors (Lipinski definition) is 2. The van der Waals surface area contributed by atoms with Gasteiger partial charge in [0.2, 0.25) is 0 Å². The average molecular weight is 274 g/mol. The molecule has 0 radical (unpaired) electrons. The summed E-state index contributed by atoms with van der Waals surface area (Å²) in [5.74, 6) is 0.487. The van der Waals surface area contributed by atoms with Gasteiger partial charge in [0, 0.05) is 18.3 Å². The molecular weight excluding hydrogens is 255 g/mol. The molecule has 0 fully saturated rings. The Hall–Kier alpha value is -2.23. The molecule has 4 heteroatoms. The smallest absolute Gasteiger partial charge is 0.144 e. The van der Waals surface area contributed by atoms with Gasteiger partial charge in [-0.15, -0.1) is 0 Å². The Morgan fingerprint density at radius 2 is 1.90 bits per heavy atom. The Labute approximate surface area is 118 Å². The topological polar surface area (TPSA) is 47.3 Å². The van der Waals surface area contributed by atoms with Crippen LogP contribution in [-0.2, 0) is 6.42 Å². The van der Waals surface area contributed by atoms with E-state index in [0.717, 1.165) is 24.2 Å². The van der Waals surface area contributed by atoms with Gasteiger partial charge in [0.05, 0.1) is 12.3 Å². The fraction of sp³-hybridized carbons (Fsp3) is 0.250. The highest BCUT2D eigenvalue weighted by Gasteiger charge is 2.01. The van der Waals surface area contributed by atoms with Crippen LogP contribution < -0.4 is 15.8 Å². The van der Waals surface area contributed by atoms with Crippen molar-refractivity contribution in [3.8, 4) is 5.75 Å². The Morgan fingerprint density at radius 1 is 1.15 bits per heavy atom. The van der Waals surface area contributed by atoms with Crippen molar-refractivity contribution < 1.29 is 9.13 Å². The number of rotatable bonds is 6. The summed E-state index contributed by atoms with van der Waals surface area (Å²) in [4.78, 5) is 0. The molecule has 0 saturated heterocycles. The standard InChI is InChI=1S/C16H19FN2O/c1-2-20-16-11-14(7-8-15(16)18)19-10-9-12-3-5-13(17)6-4-12/h3-8,11,19H,2,9-10,18H2,1H3. The van der Waals surface area contributed by atoms with E-state index < -0.39 is 0 Å². The van der Waals surface area contributed by atoms with E-state index in [0.29, 0.717) is 18.0 Å². The molecule has 0 bridgehead atoms. The van der Waals surface area contributed by atoms with Crippen LogP contribution in [0.1, 0.15) is 12.5 Å². The van der Waals surface area contributed by atoms with Crippen molar-refractivity contribution in [2.75, 3.05) is 24.2 Å². The molecule has 0 spiro atoms. The van der Waals surface area contributed by atoms with Crippen LogP contribution >= 0.6 is 0 Å². The van der Waals surface area contributed by atoms with E-state index in [4.69, 9.17) is 10.5 Å². The van der Waals surface area contributed by atoms with Crippen molar-refractivity contribution in [2.24, 2.45) is 0 Å². The molecule has 0 aromatic heterocycles. The minimum atomic E-state index is -0.207. The molecule has 0 aliphatic carbocycles. The van der Waals surface area contributed by atoms with Gasteiger partial charge in [0.15, 0.2) is 0 Å². The third-order valence-corrected chi connectivity index (χ3v) is 2.97. The summed E-state index contributed by atoms with van der Waals surface area (Å²) in [6, 6.07) is 12.2. The first kappa shape index (κ1) is 14.2. The van der Waals surface area contributed by atoms with Crippen molar-refractivity contribution in [1.82, 2.24) is 0 Å². The molecule has 0 aliphatic rings. The summed E-state index contributed by atoms with van der Waals surface area (Å²) in [6.07, 6.45) is 0.828. The van der Waals surface area contributed by atoms with Crippen LogP contribution in [0.3, 0.4) is 0 Å². The first-order chi connectivity index (χ1) is 9.69. The number of nitrogens with one attached hydrogen (secondary N) is 1. The lowest BCUT2D eigenvalue weighted by Crippen LogP contribution is -2.05. The molecule has 106 valence electrons. The van der Waals surface area contributed by atoms with Gasteiger partial charge in [-0.2, -0.15) is 0 Å². The molecule has 2 aromatic carbocycles. The Kier molecular flexibility index (Phi) is 4.82. The lowest BCUT2D eigenvalue weighted by Gasteiger charge is -2.11. The minimum absolute atomic E-state index is 0.207. The quantitative estimate of drug-likeness (QED) is 0.793. The van der Waals surface area contributed by atoms with Crippen LogP contribution in [0.4, 0.5) is 15.8 Å². The molecule has 2 rings (SSSR count).